The highest BCUT2D eigenvalue weighted by atomic mass is 15.1. The summed E-state index contributed by atoms with van der Waals surface area (Å²) in [6, 6.07) is 9.64. The smallest absolute Gasteiger partial charge is 0.163 e. The first kappa shape index (κ1) is 13.3. The molecule has 21 heavy (non-hydrogen) atoms. The molecule has 0 bridgehead atoms. The summed E-state index contributed by atoms with van der Waals surface area (Å²) in [6.07, 6.45) is 5.54. The Balaban J connectivity index is 2.16. The topological polar surface area (TPSA) is 67.4 Å². The lowest BCUT2D eigenvalue weighted by molar-refractivity contribution is 0.641. The van der Waals surface area contributed by atoms with E-state index in [2.05, 4.69) is 27.9 Å². The van der Waals surface area contributed by atoms with E-state index >= 15 is 0 Å². The first-order valence-electron chi connectivity index (χ1n) is 7.00. The maximum Gasteiger partial charge on any atom is 0.163 e. The maximum atomic E-state index is 9.25. The molecule has 0 radical (unpaired) electrons. The minimum Gasteiger partial charge on any atom is -0.315 e. The van der Waals surface area contributed by atoms with Gasteiger partial charge in [0.05, 0.1) is 18.0 Å². The van der Waals surface area contributed by atoms with Crippen molar-refractivity contribution in [1.29, 1.82) is 5.26 Å². The van der Waals surface area contributed by atoms with Crippen molar-refractivity contribution >= 4 is 11.2 Å². The quantitative estimate of drug-likeness (QED) is 0.734. The van der Waals surface area contributed by atoms with Crippen LogP contribution in [0.15, 0.2) is 36.9 Å². The lowest BCUT2D eigenvalue weighted by Gasteiger charge is -2.05. The molecule has 5 nitrogen and oxygen atoms in total. The first-order chi connectivity index (χ1) is 10.3. The van der Waals surface area contributed by atoms with E-state index in [1.54, 1.807) is 12.4 Å². The van der Waals surface area contributed by atoms with Crippen LogP contribution in [0.5, 0.6) is 0 Å². The highest BCUT2D eigenvalue weighted by Gasteiger charge is 2.14. The number of hydrogen-bond donors (Lipinski definition) is 0. The average Bonchev–Trinajstić information content (AvgIpc) is 2.96. The summed E-state index contributed by atoms with van der Waals surface area (Å²) in [7, 11) is 0. The molecule has 0 saturated heterocycles. The van der Waals surface area contributed by atoms with E-state index in [4.69, 9.17) is 0 Å². The third-order valence-electron chi connectivity index (χ3n) is 3.46. The Hall–Kier alpha value is -2.74. The molecule has 0 aliphatic heterocycles. The predicted octanol–water partition coefficient (Wildman–Crippen LogP) is 3.17. The fourth-order valence-corrected chi connectivity index (χ4v) is 2.36. The normalized spacial score (nSPS) is 10.7. The predicted molar refractivity (Wildman–Crippen MR) is 80.4 cm³/mol. The molecular formula is C16H15N5. The fraction of sp³-hybridized carbons (Fsp3) is 0.250. The molecule has 0 saturated carbocycles. The van der Waals surface area contributed by atoms with Gasteiger partial charge in [-0.3, -0.25) is 0 Å². The van der Waals surface area contributed by atoms with Gasteiger partial charge in [-0.1, -0.05) is 31.5 Å². The van der Waals surface area contributed by atoms with Gasteiger partial charge in [-0.05, 0) is 12.5 Å². The van der Waals surface area contributed by atoms with Crippen molar-refractivity contribution < 1.29 is 0 Å². The largest absolute Gasteiger partial charge is 0.315 e. The summed E-state index contributed by atoms with van der Waals surface area (Å²) in [6.45, 7) is 3.05. The maximum absolute atomic E-state index is 9.25. The van der Waals surface area contributed by atoms with Crippen LogP contribution in [0.3, 0.4) is 0 Å². The van der Waals surface area contributed by atoms with Crippen LogP contribution in [0.25, 0.3) is 22.4 Å². The molecule has 0 aliphatic rings. The molecule has 0 unspecified atom stereocenters. The van der Waals surface area contributed by atoms with Crippen LogP contribution >= 0.6 is 0 Å². The van der Waals surface area contributed by atoms with E-state index in [9.17, 15) is 5.26 Å². The number of aromatic nitrogens is 4. The molecule has 1 aromatic carbocycles. The molecule has 3 rings (SSSR count). The number of fused-ring (bicyclic) bond motifs is 1. The monoisotopic (exact) mass is 277 g/mol. The van der Waals surface area contributed by atoms with Crippen LogP contribution < -0.4 is 0 Å². The Kier molecular flexibility index (Phi) is 3.61. The Morgan fingerprint density at radius 1 is 1.19 bits per heavy atom. The number of benzene rings is 1. The van der Waals surface area contributed by atoms with Crippen molar-refractivity contribution in [2.24, 2.45) is 0 Å². The van der Waals surface area contributed by atoms with Gasteiger partial charge in [0, 0.05) is 12.1 Å². The van der Waals surface area contributed by atoms with Gasteiger partial charge in [-0.15, -0.1) is 0 Å². The number of imidazole rings is 1. The number of aryl methyl sites for hydroxylation is 1. The third-order valence-corrected chi connectivity index (χ3v) is 3.46. The minimum absolute atomic E-state index is 0.598. The second kappa shape index (κ2) is 5.71. The molecule has 3 aromatic rings. The van der Waals surface area contributed by atoms with Crippen LogP contribution in [-0.2, 0) is 6.54 Å². The van der Waals surface area contributed by atoms with Gasteiger partial charge >= 0.3 is 0 Å². The van der Waals surface area contributed by atoms with Crippen LogP contribution in [0.4, 0.5) is 0 Å². The van der Waals surface area contributed by atoms with Crippen molar-refractivity contribution in [2.45, 2.75) is 26.3 Å². The molecular weight excluding hydrogens is 262 g/mol. The molecule has 2 heterocycles. The van der Waals surface area contributed by atoms with Crippen LogP contribution in [0, 0.1) is 11.3 Å². The molecule has 0 spiro atoms. The fourth-order valence-electron chi connectivity index (χ4n) is 2.36. The SMILES string of the molecule is CCCCn1cnc2c(-c3ccccc3C#N)ncnc21. The molecule has 0 aliphatic carbocycles. The summed E-state index contributed by atoms with van der Waals surface area (Å²) in [5.41, 5.74) is 3.68. The number of nitrogens with zero attached hydrogens (tertiary/aromatic N) is 5. The molecule has 104 valence electrons. The van der Waals surface area contributed by atoms with Crippen molar-refractivity contribution in [3.8, 4) is 17.3 Å². The Labute approximate surface area is 122 Å². The van der Waals surface area contributed by atoms with Gasteiger partial charge in [0.2, 0.25) is 0 Å². The van der Waals surface area contributed by atoms with E-state index < -0.39 is 0 Å². The van der Waals surface area contributed by atoms with Crippen LogP contribution in [0.2, 0.25) is 0 Å². The van der Waals surface area contributed by atoms with E-state index in [0.717, 1.165) is 36.1 Å². The second-order valence-corrected chi connectivity index (χ2v) is 4.84. The van der Waals surface area contributed by atoms with Crippen LogP contribution in [-0.4, -0.2) is 19.5 Å². The molecule has 0 fully saturated rings. The van der Waals surface area contributed by atoms with Crippen molar-refractivity contribution in [1.82, 2.24) is 19.5 Å². The highest BCUT2D eigenvalue weighted by molar-refractivity contribution is 5.88. The molecule has 0 N–H and O–H groups in total. The number of unbranched alkanes of at least 4 members (excludes halogenated alkanes) is 1. The summed E-state index contributed by atoms with van der Waals surface area (Å²) in [5.74, 6) is 0. The Morgan fingerprint density at radius 2 is 2.05 bits per heavy atom. The van der Waals surface area contributed by atoms with Crippen molar-refractivity contribution in [3.05, 3.63) is 42.5 Å². The van der Waals surface area contributed by atoms with Gasteiger partial charge in [0.15, 0.2) is 5.65 Å². The lowest BCUT2D eigenvalue weighted by atomic mass is 10.0. The Bertz CT molecular complexity index is 813. The standard InChI is InChI=1S/C16H15N5/c1-2-3-8-21-11-20-15-14(18-10-19-16(15)21)13-7-5-4-6-12(13)9-17/h4-7,10-11H,2-3,8H2,1H3. The van der Waals surface area contributed by atoms with E-state index in [0.29, 0.717) is 11.3 Å². The number of nitriles is 1. The van der Waals surface area contributed by atoms with Crippen molar-refractivity contribution in [2.75, 3.05) is 0 Å². The summed E-state index contributed by atoms with van der Waals surface area (Å²) in [5, 5.41) is 9.25. The molecule has 0 atom stereocenters. The molecule has 0 amide bonds. The van der Waals surface area contributed by atoms with Crippen LogP contribution in [0.1, 0.15) is 25.3 Å². The Morgan fingerprint density at radius 3 is 2.86 bits per heavy atom. The van der Waals surface area contributed by atoms with Gasteiger partial charge < -0.3 is 4.57 Å². The summed E-state index contributed by atoms with van der Waals surface area (Å²) >= 11 is 0. The second-order valence-electron chi connectivity index (χ2n) is 4.84. The van der Waals surface area contributed by atoms with Gasteiger partial charge in [-0.2, -0.15) is 5.26 Å². The summed E-state index contributed by atoms with van der Waals surface area (Å²) in [4.78, 5) is 13.1. The lowest BCUT2D eigenvalue weighted by Crippen LogP contribution is -1.98. The van der Waals surface area contributed by atoms with Crippen molar-refractivity contribution in [3.63, 3.8) is 0 Å². The van der Waals surface area contributed by atoms with Gasteiger partial charge in [0.25, 0.3) is 0 Å². The molecule has 5 heteroatoms. The number of hydrogen-bond acceptors (Lipinski definition) is 4. The molecule has 2 aromatic heterocycles. The summed E-state index contributed by atoms with van der Waals surface area (Å²) < 4.78 is 2.04. The third kappa shape index (κ3) is 2.36. The van der Waals surface area contributed by atoms with Gasteiger partial charge in [-0.25, -0.2) is 15.0 Å². The van der Waals surface area contributed by atoms with Gasteiger partial charge in [0.1, 0.15) is 17.5 Å². The van der Waals surface area contributed by atoms with E-state index in [1.165, 1.54) is 6.33 Å². The minimum atomic E-state index is 0.598. The zero-order valence-corrected chi connectivity index (χ0v) is 11.8. The van der Waals surface area contributed by atoms with E-state index in [1.807, 2.05) is 22.8 Å². The zero-order chi connectivity index (χ0) is 14.7. The first-order valence-corrected chi connectivity index (χ1v) is 7.00. The highest BCUT2D eigenvalue weighted by Crippen LogP contribution is 2.26. The van der Waals surface area contributed by atoms with E-state index in [-0.39, 0.29) is 0 Å². The zero-order valence-electron chi connectivity index (χ0n) is 11.8. The average molecular weight is 277 g/mol. The number of rotatable bonds is 4.